The fourth-order valence-corrected chi connectivity index (χ4v) is 0.701. The molecule has 96 valence electrons. The molecule has 0 aromatic carbocycles. The molecule has 0 fully saturated rings. The number of furan rings is 1. The highest BCUT2D eigenvalue weighted by atomic mass is 16.4. The first-order valence-corrected chi connectivity index (χ1v) is 4.69. The van der Waals surface area contributed by atoms with Crippen LogP contribution >= 0.6 is 0 Å². The highest BCUT2D eigenvalue weighted by molar-refractivity contribution is 5.99. The van der Waals surface area contributed by atoms with E-state index in [2.05, 4.69) is 4.42 Å². The second kappa shape index (κ2) is 7.42. The molecule has 7 heteroatoms. The predicted molar refractivity (Wildman–Crippen MR) is 56.0 cm³/mol. The van der Waals surface area contributed by atoms with Crippen LogP contribution in [0.3, 0.4) is 0 Å². The summed E-state index contributed by atoms with van der Waals surface area (Å²) >= 11 is 0. The van der Waals surface area contributed by atoms with Gasteiger partial charge in [0, 0.05) is 19.1 Å². The van der Waals surface area contributed by atoms with E-state index in [1.807, 2.05) is 0 Å². The van der Waals surface area contributed by atoms with Gasteiger partial charge in [-0.15, -0.1) is 0 Å². The lowest BCUT2D eigenvalue weighted by Crippen LogP contribution is -2.04. The van der Waals surface area contributed by atoms with Crippen molar-refractivity contribution in [3.8, 4) is 0 Å². The number of aromatic carboxylic acids is 2. The zero-order valence-corrected chi connectivity index (χ0v) is 9.16. The van der Waals surface area contributed by atoms with Gasteiger partial charge in [-0.1, -0.05) is 6.92 Å². The maximum absolute atomic E-state index is 10.3. The maximum Gasteiger partial charge on any atom is 0.372 e. The molecule has 1 rings (SSSR count). The molecule has 1 aromatic heterocycles. The molecular formula is C10H14O7. The molecule has 0 amide bonds. The SMILES string of the molecule is CC(CO)CO.O=C(O)c1ccoc1C(=O)O. The summed E-state index contributed by atoms with van der Waals surface area (Å²) in [6, 6.07) is 1.09. The van der Waals surface area contributed by atoms with E-state index in [4.69, 9.17) is 20.4 Å². The normalized spacial score (nSPS) is 9.65. The largest absolute Gasteiger partial charge is 0.478 e. The highest BCUT2D eigenvalue weighted by Gasteiger charge is 2.18. The summed E-state index contributed by atoms with van der Waals surface area (Å²) < 4.78 is 4.41. The molecule has 0 aliphatic heterocycles. The summed E-state index contributed by atoms with van der Waals surface area (Å²) in [6.45, 7) is 1.94. The molecule has 7 nitrogen and oxygen atoms in total. The van der Waals surface area contributed by atoms with Crippen LogP contribution in [0, 0.1) is 5.92 Å². The van der Waals surface area contributed by atoms with Gasteiger partial charge < -0.3 is 24.8 Å². The van der Waals surface area contributed by atoms with Gasteiger partial charge in [-0.3, -0.25) is 0 Å². The van der Waals surface area contributed by atoms with Gasteiger partial charge in [0.05, 0.1) is 6.26 Å². The van der Waals surface area contributed by atoms with Gasteiger partial charge in [0.15, 0.2) is 0 Å². The molecular weight excluding hydrogens is 232 g/mol. The Morgan fingerprint density at radius 2 is 1.76 bits per heavy atom. The quantitative estimate of drug-likeness (QED) is 0.600. The van der Waals surface area contributed by atoms with Crippen molar-refractivity contribution in [2.75, 3.05) is 13.2 Å². The second-order valence-electron chi connectivity index (χ2n) is 3.24. The second-order valence-corrected chi connectivity index (χ2v) is 3.24. The van der Waals surface area contributed by atoms with E-state index in [0.717, 1.165) is 12.3 Å². The molecule has 17 heavy (non-hydrogen) atoms. The third kappa shape index (κ3) is 5.14. The van der Waals surface area contributed by atoms with Crippen molar-refractivity contribution in [2.45, 2.75) is 6.92 Å². The Hall–Kier alpha value is -1.86. The molecule has 0 aliphatic carbocycles. The summed E-state index contributed by atoms with van der Waals surface area (Å²) in [4.78, 5) is 20.5. The standard InChI is InChI=1S/C6H4O5.C4H10O2/c7-5(8)3-1-2-11-4(3)6(9)10;1-4(2-5)3-6/h1-2H,(H,7,8)(H,9,10);4-6H,2-3H2,1H3. The van der Waals surface area contributed by atoms with Gasteiger partial charge in [0.1, 0.15) is 5.56 Å². The summed E-state index contributed by atoms with van der Waals surface area (Å²) in [5.74, 6) is -3.19. The molecule has 0 saturated carbocycles. The van der Waals surface area contributed by atoms with Gasteiger partial charge in [0.25, 0.3) is 0 Å². The molecule has 1 aromatic rings. The van der Waals surface area contributed by atoms with Crippen molar-refractivity contribution in [1.82, 2.24) is 0 Å². The first-order chi connectivity index (χ1) is 7.93. The lowest BCUT2D eigenvalue weighted by molar-refractivity contribution is 0.0626. The zero-order valence-electron chi connectivity index (χ0n) is 9.16. The summed E-state index contributed by atoms with van der Waals surface area (Å²) in [7, 11) is 0. The molecule has 0 bridgehead atoms. The molecule has 0 atom stereocenters. The average molecular weight is 246 g/mol. The van der Waals surface area contributed by atoms with E-state index >= 15 is 0 Å². The van der Waals surface area contributed by atoms with Gasteiger partial charge in [-0.25, -0.2) is 9.59 Å². The third-order valence-corrected chi connectivity index (χ3v) is 1.71. The summed E-state index contributed by atoms with van der Waals surface area (Å²) in [6.07, 6.45) is 1.02. The van der Waals surface area contributed by atoms with E-state index in [-0.39, 0.29) is 24.7 Å². The van der Waals surface area contributed by atoms with E-state index in [0.29, 0.717) is 0 Å². The molecule has 0 unspecified atom stereocenters. The van der Waals surface area contributed by atoms with Crippen LogP contribution in [-0.2, 0) is 0 Å². The average Bonchev–Trinajstić information content (AvgIpc) is 2.78. The zero-order chi connectivity index (χ0) is 13.4. The van der Waals surface area contributed by atoms with E-state index in [1.54, 1.807) is 6.92 Å². The number of aliphatic hydroxyl groups excluding tert-OH is 2. The van der Waals surface area contributed by atoms with Crippen LogP contribution in [0.15, 0.2) is 16.7 Å². The summed E-state index contributed by atoms with van der Waals surface area (Å²) in [5.41, 5.74) is -0.336. The molecule has 0 radical (unpaired) electrons. The van der Waals surface area contributed by atoms with E-state index in [9.17, 15) is 9.59 Å². The maximum atomic E-state index is 10.3. The van der Waals surface area contributed by atoms with Crippen molar-refractivity contribution in [3.05, 3.63) is 23.7 Å². The van der Waals surface area contributed by atoms with Crippen molar-refractivity contribution < 1.29 is 34.4 Å². The molecule has 0 spiro atoms. The smallest absolute Gasteiger partial charge is 0.372 e. The number of carbonyl (C=O) groups is 2. The first kappa shape index (κ1) is 15.1. The summed E-state index contributed by atoms with van der Waals surface area (Å²) in [5, 5.41) is 33.1. The predicted octanol–water partition coefficient (Wildman–Crippen LogP) is 0.283. The number of hydrogen-bond donors (Lipinski definition) is 4. The van der Waals surface area contributed by atoms with Gasteiger partial charge >= 0.3 is 11.9 Å². The lowest BCUT2D eigenvalue weighted by Gasteiger charge is -1.97. The number of carboxylic acid groups (broad SMARTS) is 2. The molecule has 4 N–H and O–H groups in total. The van der Waals surface area contributed by atoms with Gasteiger partial charge in [-0.05, 0) is 6.07 Å². The lowest BCUT2D eigenvalue weighted by atomic mass is 10.2. The Morgan fingerprint density at radius 1 is 1.24 bits per heavy atom. The van der Waals surface area contributed by atoms with Gasteiger partial charge in [-0.2, -0.15) is 0 Å². The minimum absolute atomic E-state index is 0.0463. The molecule has 0 saturated heterocycles. The van der Waals surface area contributed by atoms with Crippen LogP contribution < -0.4 is 0 Å². The van der Waals surface area contributed by atoms with Crippen molar-refractivity contribution in [1.29, 1.82) is 0 Å². The van der Waals surface area contributed by atoms with Crippen molar-refractivity contribution >= 4 is 11.9 Å². The minimum Gasteiger partial charge on any atom is -0.478 e. The fourth-order valence-electron chi connectivity index (χ4n) is 0.701. The van der Waals surface area contributed by atoms with E-state index < -0.39 is 17.7 Å². The number of aliphatic hydroxyl groups is 2. The Bertz CT molecular complexity index is 336. The Kier molecular flexibility index (Phi) is 6.61. The van der Waals surface area contributed by atoms with Crippen LogP contribution in [0.25, 0.3) is 0 Å². The van der Waals surface area contributed by atoms with Crippen LogP contribution in [-0.4, -0.2) is 45.6 Å². The minimum atomic E-state index is -1.38. The monoisotopic (exact) mass is 246 g/mol. The molecule has 0 aliphatic rings. The highest BCUT2D eigenvalue weighted by Crippen LogP contribution is 2.09. The van der Waals surface area contributed by atoms with Crippen LogP contribution in [0.5, 0.6) is 0 Å². The van der Waals surface area contributed by atoms with Gasteiger partial charge in [0.2, 0.25) is 5.76 Å². The number of hydrogen-bond acceptors (Lipinski definition) is 5. The van der Waals surface area contributed by atoms with Crippen molar-refractivity contribution in [3.63, 3.8) is 0 Å². The Labute approximate surface area is 96.9 Å². The first-order valence-electron chi connectivity index (χ1n) is 4.69. The van der Waals surface area contributed by atoms with Crippen molar-refractivity contribution in [2.24, 2.45) is 5.92 Å². The van der Waals surface area contributed by atoms with Crippen LogP contribution in [0.2, 0.25) is 0 Å². The topological polar surface area (TPSA) is 128 Å². The Balaban J connectivity index is 0.000000366. The van der Waals surface area contributed by atoms with Crippen LogP contribution in [0.1, 0.15) is 27.8 Å². The number of carboxylic acids is 2. The van der Waals surface area contributed by atoms with Crippen LogP contribution in [0.4, 0.5) is 0 Å². The Morgan fingerprint density at radius 3 is 2.00 bits per heavy atom. The third-order valence-electron chi connectivity index (χ3n) is 1.71. The number of rotatable bonds is 4. The fraction of sp³-hybridized carbons (Fsp3) is 0.400. The molecule has 1 heterocycles. The van der Waals surface area contributed by atoms with E-state index in [1.165, 1.54) is 0 Å².